The minimum absolute atomic E-state index is 0.207. The summed E-state index contributed by atoms with van der Waals surface area (Å²) in [6.45, 7) is 5.63. The lowest BCUT2D eigenvalue weighted by Crippen LogP contribution is -2.43. The minimum atomic E-state index is -0.892. The van der Waals surface area contributed by atoms with E-state index in [9.17, 15) is 14.4 Å². The van der Waals surface area contributed by atoms with Crippen LogP contribution in [0.3, 0.4) is 0 Å². The fourth-order valence-electron chi connectivity index (χ4n) is 4.18. The van der Waals surface area contributed by atoms with Gasteiger partial charge in [0.15, 0.2) is 5.78 Å². The number of Topliss-reactive ketones (excluding diaryl/α,β-unsaturated/α-hetero) is 1. The molecule has 1 aliphatic heterocycles. The summed E-state index contributed by atoms with van der Waals surface area (Å²) in [5.74, 6) is -3.05. The second-order valence-electron chi connectivity index (χ2n) is 7.31. The number of carbonyl (C=O) groups is 3. The first-order chi connectivity index (χ1) is 13.8. The van der Waals surface area contributed by atoms with E-state index in [0.29, 0.717) is 23.3 Å². The Morgan fingerprint density at radius 3 is 2.66 bits per heavy atom. The molecule has 6 nitrogen and oxygen atoms in total. The van der Waals surface area contributed by atoms with Gasteiger partial charge in [-0.3, -0.25) is 9.59 Å². The van der Waals surface area contributed by atoms with E-state index in [-0.39, 0.29) is 18.3 Å². The van der Waals surface area contributed by atoms with Crippen LogP contribution in [0.4, 0.5) is 0 Å². The number of allylic oxidation sites excluding steroid dienone is 3. The lowest BCUT2D eigenvalue weighted by molar-refractivity contribution is -0.151. The van der Waals surface area contributed by atoms with Gasteiger partial charge in [0.05, 0.1) is 19.3 Å². The second-order valence-corrected chi connectivity index (χ2v) is 8.23. The summed E-state index contributed by atoms with van der Waals surface area (Å²) in [6, 6.07) is 7.48. The van der Waals surface area contributed by atoms with Crippen molar-refractivity contribution in [3.05, 3.63) is 56.8 Å². The van der Waals surface area contributed by atoms with Gasteiger partial charge >= 0.3 is 11.9 Å². The number of ether oxygens (including phenoxy) is 2. The van der Waals surface area contributed by atoms with Gasteiger partial charge in [0.25, 0.3) is 0 Å². The molecule has 29 heavy (non-hydrogen) atoms. The normalized spacial score (nSPS) is 24.0. The molecule has 1 aliphatic carbocycles. The first kappa shape index (κ1) is 21.3. The Balaban J connectivity index is 2.19. The molecule has 1 aromatic rings. The van der Waals surface area contributed by atoms with E-state index < -0.39 is 23.8 Å². The molecule has 0 aromatic heterocycles. The van der Waals surface area contributed by atoms with E-state index in [0.717, 1.165) is 15.7 Å². The Kier molecular flexibility index (Phi) is 6.27. The maximum atomic E-state index is 13.5. The number of hydrogen-bond acceptors (Lipinski definition) is 6. The van der Waals surface area contributed by atoms with Crippen molar-refractivity contribution < 1.29 is 23.9 Å². The van der Waals surface area contributed by atoms with Crippen LogP contribution in [-0.2, 0) is 23.9 Å². The number of esters is 2. The number of benzene rings is 1. The summed E-state index contributed by atoms with van der Waals surface area (Å²) in [6.07, 6.45) is 0.513. The van der Waals surface area contributed by atoms with Crippen LogP contribution in [-0.4, -0.2) is 31.4 Å². The summed E-state index contributed by atoms with van der Waals surface area (Å²) >= 11 is 3.47. The number of dihydropyridines is 1. The summed E-state index contributed by atoms with van der Waals surface area (Å²) in [5, 5.41) is 3.23. The van der Waals surface area contributed by atoms with Gasteiger partial charge in [0, 0.05) is 27.4 Å². The van der Waals surface area contributed by atoms with Gasteiger partial charge < -0.3 is 14.8 Å². The van der Waals surface area contributed by atoms with Crippen molar-refractivity contribution in [3.63, 3.8) is 0 Å². The Morgan fingerprint density at radius 1 is 1.31 bits per heavy atom. The zero-order valence-corrected chi connectivity index (χ0v) is 18.5. The van der Waals surface area contributed by atoms with Crippen molar-refractivity contribution in [2.45, 2.75) is 33.1 Å². The van der Waals surface area contributed by atoms with Crippen LogP contribution in [0.25, 0.3) is 0 Å². The smallest absolute Gasteiger partial charge is 0.336 e. The minimum Gasteiger partial charge on any atom is -0.468 e. The molecule has 1 aromatic carbocycles. The third kappa shape index (κ3) is 3.88. The topological polar surface area (TPSA) is 81.7 Å². The van der Waals surface area contributed by atoms with Crippen molar-refractivity contribution in [1.29, 1.82) is 0 Å². The molecular formula is C22H24BrNO5. The van der Waals surface area contributed by atoms with E-state index in [2.05, 4.69) is 21.2 Å². The first-order valence-corrected chi connectivity index (χ1v) is 10.3. The van der Waals surface area contributed by atoms with Crippen LogP contribution >= 0.6 is 15.9 Å². The Morgan fingerprint density at radius 2 is 2.03 bits per heavy atom. The van der Waals surface area contributed by atoms with E-state index in [4.69, 9.17) is 9.47 Å². The van der Waals surface area contributed by atoms with Crippen LogP contribution in [0.2, 0.25) is 0 Å². The largest absolute Gasteiger partial charge is 0.468 e. The molecule has 0 unspecified atom stereocenters. The van der Waals surface area contributed by atoms with Crippen LogP contribution in [0.15, 0.2) is 51.3 Å². The average Bonchev–Trinajstić information content (AvgIpc) is 2.66. The van der Waals surface area contributed by atoms with Crippen LogP contribution in [0.1, 0.15) is 38.7 Å². The molecular weight excluding hydrogens is 438 g/mol. The molecule has 0 amide bonds. The maximum Gasteiger partial charge on any atom is 0.336 e. The lowest BCUT2D eigenvalue weighted by Gasteiger charge is -2.38. The third-order valence-electron chi connectivity index (χ3n) is 5.42. The lowest BCUT2D eigenvalue weighted by atomic mass is 9.69. The number of methoxy groups -OCH3 is 1. The Labute approximate surface area is 178 Å². The van der Waals surface area contributed by atoms with Crippen LogP contribution in [0.5, 0.6) is 0 Å². The third-order valence-corrected chi connectivity index (χ3v) is 5.91. The van der Waals surface area contributed by atoms with Gasteiger partial charge in [-0.25, -0.2) is 4.79 Å². The number of hydrogen-bond donors (Lipinski definition) is 1. The first-order valence-electron chi connectivity index (χ1n) is 9.55. The van der Waals surface area contributed by atoms with E-state index in [1.165, 1.54) is 7.11 Å². The fraction of sp³-hybridized carbons (Fsp3) is 0.409. The molecule has 154 valence electrons. The van der Waals surface area contributed by atoms with Crippen LogP contribution in [0, 0.1) is 11.8 Å². The number of ketones is 1. The summed E-state index contributed by atoms with van der Waals surface area (Å²) in [7, 11) is 1.28. The number of carbonyl (C=O) groups excluding carboxylic acids is 3. The average molecular weight is 462 g/mol. The zero-order chi connectivity index (χ0) is 21.3. The number of nitrogens with one attached hydrogen (secondary N) is 1. The monoisotopic (exact) mass is 461 g/mol. The zero-order valence-electron chi connectivity index (χ0n) is 16.9. The van der Waals surface area contributed by atoms with Gasteiger partial charge in [0.2, 0.25) is 0 Å². The number of rotatable bonds is 4. The van der Waals surface area contributed by atoms with Crippen molar-refractivity contribution in [1.82, 2.24) is 5.32 Å². The van der Waals surface area contributed by atoms with Crippen molar-refractivity contribution in [2.75, 3.05) is 13.7 Å². The molecule has 0 bridgehead atoms. The molecule has 0 saturated heterocycles. The van der Waals surface area contributed by atoms with Crippen molar-refractivity contribution in [3.8, 4) is 0 Å². The highest BCUT2D eigenvalue weighted by atomic mass is 79.9. The predicted octanol–water partition coefficient (Wildman–Crippen LogP) is 3.63. The van der Waals surface area contributed by atoms with Crippen LogP contribution < -0.4 is 5.32 Å². The molecule has 3 rings (SSSR count). The van der Waals surface area contributed by atoms with Gasteiger partial charge in [-0.2, -0.15) is 0 Å². The molecule has 0 radical (unpaired) electrons. The highest BCUT2D eigenvalue weighted by Crippen LogP contribution is 2.45. The van der Waals surface area contributed by atoms with Gasteiger partial charge in [-0.1, -0.05) is 35.0 Å². The Hall–Kier alpha value is -2.41. The quantitative estimate of drug-likeness (QED) is 0.544. The molecule has 2 aliphatic rings. The highest BCUT2D eigenvalue weighted by Gasteiger charge is 2.47. The van der Waals surface area contributed by atoms with E-state index >= 15 is 0 Å². The molecule has 1 N–H and O–H groups in total. The molecule has 3 atom stereocenters. The molecule has 0 saturated carbocycles. The predicted molar refractivity (Wildman–Crippen MR) is 111 cm³/mol. The summed E-state index contributed by atoms with van der Waals surface area (Å²) in [4.78, 5) is 38.7. The van der Waals surface area contributed by atoms with Gasteiger partial charge in [-0.05, 0) is 43.9 Å². The highest BCUT2D eigenvalue weighted by molar-refractivity contribution is 9.10. The Bertz CT molecular complexity index is 933. The van der Waals surface area contributed by atoms with Gasteiger partial charge in [0.1, 0.15) is 5.92 Å². The summed E-state index contributed by atoms with van der Waals surface area (Å²) in [5.41, 5.74) is 3.00. The molecule has 0 fully saturated rings. The molecule has 0 spiro atoms. The number of halogens is 1. The van der Waals surface area contributed by atoms with Gasteiger partial charge in [-0.15, -0.1) is 0 Å². The maximum absolute atomic E-state index is 13.5. The van der Waals surface area contributed by atoms with E-state index in [1.54, 1.807) is 6.92 Å². The van der Waals surface area contributed by atoms with E-state index in [1.807, 2.05) is 38.1 Å². The summed E-state index contributed by atoms with van der Waals surface area (Å²) < 4.78 is 11.0. The van der Waals surface area contributed by atoms with Crippen molar-refractivity contribution >= 4 is 33.7 Å². The second kappa shape index (κ2) is 8.53. The molecule has 1 heterocycles. The fourth-order valence-corrected chi connectivity index (χ4v) is 4.60. The molecule has 7 heteroatoms. The van der Waals surface area contributed by atoms with Crippen molar-refractivity contribution in [2.24, 2.45) is 11.8 Å². The standard InChI is InChI=1S/C22H24BrNO5/c1-5-29-22(27)17-12(3)24-15-9-11(2)16(21(26)28-4)20(25)19(15)18(17)13-7-6-8-14(23)10-13/h6-8,10-11,16,18,24H,5,9H2,1-4H3/t11-,16+,18-/m0/s1. The SMILES string of the molecule is CCOC(=O)C1=C(C)NC2=C(C(=O)[C@H](C(=O)OC)[C@@H](C)C2)[C@H]1c1cccc(Br)c1.